The minimum absolute atomic E-state index is 0.0147. The number of fused-ring (bicyclic) bond motifs is 3. The Morgan fingerprint density at radius 2 is 1.77 bits per heavy atom. The Bertz CT molecular complexity index is 1080. The molecule has 0 saturated carbocycles. The molecule has 1 saturated heterocycles. The molecule has 5 rings (SSSR count). The van der Waals surface area contributed by atoms with Gasteiger partial charge in [0.05, 0.1) is 6.04 Å². The van der Waals surface area contributed by atoms with Crippen LogP contribution in [-0.2, 0) is 4.74 Å². The fraction of sp³-hybridized carbons (Fsp3) is 0.261. The summed E-state index contributed by atoms with van der Waals surface area (Å²) in [5.74, 6) is -1.04. The number of thiazole rings is 1. The van der Waals surface area contributed by atoms with Crippen molar-refractivity contribution >= 4 is 23.4 Å². The number of carbonyl (C=O) groups is 2. The lowest BCUT2D eigenvalue weighted by molar-refractivity contribution is 0.0691. The fourth-order valence-corrected chi connectivity index (χ4v) is 5.40. The van der Waals surface area contributed by atoms with E-state index in [-0.39, 0.29) is 30.4 Å². The van der Waals surface area contributed by atoms with Crippen molar-refractivity contribution in [3.05, 3.63) is 75.7 Å². The summed E-state index contributed by atoms with van der Waals surface area (Å²) < 4.78 is 5.78. The largest absolute Gasteiger partial charge is 0.476 e. The van der Waals surface area contributed by atoms with E-state index in [0.717, 1.165) is 12.8 Å². The summed E-state index contributed by atoms with van der Waals surface area (Å²) in [6, 6.07) is 16.3. The maximum Gasteiger partial charge on any atom is 0.410 e. The highest BCUT2D eigenvalue weighted by Gasteiger charge is 2.35. The average Bonchev–Trinajstić information content (AvgIpc) is 3.49. The van der Waals surface area contributed by atoms with Gasteiger partial charge in [0, 0.05) is 17.8 Å². The smallest absolute Gasteiger partial charge is 0.410 e. The maximum absolute atomic E-state index is 12.9. The lowest BCUT2D eigenvalue weighted by Crippen LogP contribution is -2.32. The summed E-state index contributed by atoms with van der Waals surface area (Å²) in [5, 5.41) is 11.3. The summed E-state index contributed by atoms with van der Waals surface area (Å²) in [6.07, 6.45) is 1.24. The first-order valence-corrected chi connectivity index (χ1v) is 10.8. The minimum atomic E-state index is -1.05. The van der Waals surface area contributed by atoms with Crippen LogP contribution < -0.4 is 0 Å². The molecule has 2 aromatic carbocycles. The third kappa shape index (κ3) is 3.15. The zero-order valence-corrected chi connectivity index (χ0v) is 17.0. The summed E-state index contributed by atoms with van der Waals surface area (Å²) in [7, 11) is 0. The Labute approximate surface area is 177 Å². The van der Waals surface area contributed by atoms with Gasteiger partial charge in [0.1, 0.15) is 11.6 Å². The van der Waals surface area contributed by atoms with E-state index in [1.807, 2.05) is 24.3 Å². The monoisotopic (exact) mass is 420 g/mol. The van der Waals surface area contributed by atoms with Crippen molar-refractivity contribution in [1.82, 2.24) is 9.88 Å². The quantitative estimate of drug-likeness (QED) is 0.648. The molecule has 6 nitrogen and oxygen atoms in total. The molecular weight excluding hydrogens is 400 g/mol. The highest BCUT2D eigenvalue weighted by molar-refractivity contribution is 7.09. The van der Waals surface area contributed by atoms with Gasteiger partial charge >= 0.3 is 12.1 Å². The second-order valence-electron chi connectivity index (χ2n) is 7.53. The third-order valence-electron chi connectivity index (χ3n) is 5.85. The molecule has 0 spiro atoms. The summed E-state index contributed by atoms with van der Waals surface area (Å²) in [4.78, 5) is 29.9. The first kappa shape index (κ1) is 18.8. The normalized spacial score (nSPS) is 17.6. The van der Waals surface area contributed by atoms with E-state index in [1.165, 1.54) is 39.0 Å². The summed E-state index contributed by atoms with van der Waals surface area (Å²) in [6.45, 7) is 0.859. The SMILES string of the molecule is O=C(O)c1csc(C2CCCN2C(=O)OCC2c3ccccc3-c3ccccc32)n1. The molecule has 1 aromatic heterocycles. The lowest BCUT2D eigenvalue weighted by Gasteiger charge is -2.23. The molecule has 1 aliphatic carbocycles. The van der Waals surface area contributed by atoms with Crippen LogP contribution in [0.4, 0.5) is 4.79 Å². The molecule has 2 heterocycles. The summed E-state index contributed by atoms with van der Waals surface area (Å²) in [5.41, 5.74) is 4.76. The number of carbonyl (C=O) groups excluding carboxylic acids is 1. The zero-order chi connectivity index (χ0) is 20.7. The van der Waals surface area contributed by atoms with Crippen molar-refractivity contribution in [3.63, 3.8) is 0 Å². The highest BCUT2D eigenvalue weighted by Crippen LogP contribution is 2.44. The standard InChI is InChI=1S/C23H20N2O4S/c26-22(27)19-13-30-21(24-19)20-10-5-11-25(20)23(28)29-12-18-16-8-3-1-6-14(16)15-7-2-4-9-17(15)18/h1-4,6-9,13,18,20H,5,10-12H2,(H,26,27). The van der Waals surface area contributed by atoms with E-state index in [1.54, 1.807) is 4.90 Å². The van der Waals surface area contributed by atoms with E-state index < -0.39 is 5.97 Å². The molecule has 7 heteroatoms. The predicted molar refractivity (Wildman–Crippen MR) is 113 cm³/mol. The van der Waals surface area contributed by atoms with Crippen molar-refractivity contribution in [2.75, 3.05) is 13.2 Å². The number of rotatable bonds is 4. The number of benzene rings is 2. The molecule has 1 N–H and O–H groups in total. The van der Waals surface area contributed by atoms with Crippen LogP contribution in [0.15, 0.2) is 53.9 Å². The molecule has 2 aliphatic rings. The van der Waals surface area contributed by atoms with E-state index in [2.05, 4.69) is 29.2 Å². The van der Waals surface area contributed by atoms with Crippen molar-refractivity contribution in [1.29, 1.82) is 0 Å². The van der Waals surface area contributed by atoms with Gasteiger partial charge in [-0.05, 0) is 35.1 Å². The van der Waals surface area contributed by atoms with Gasteiger partial charge in [0.15, 0.2) is 5.69 Å². The first-order chi connectivity index (χ1) is 14.6. The number of hydrogen-bond donors (Lipinski definition) is 1. The van der Waals surface area contributed by atoms with Gasteiger partial charge in [0.2, 0.25) is 0 Å². The number of aromatic nitrogens is 1. The second kappa shape index (κ2) is 7.57. The summed E-state index contributed by atoms with van der Waals surface area (Å²) >= 11 is 1.28. The van der Waals surface area contributed by atoms with Gasteiger partial charge in [-0.2, -0.15) is 0 Å². The Hall–Kier alpha value is -3.19. The molecule has 1 fully saturated rings. The zero-order valence-electron chi connectivity index (χ0n) is 16.2. The van der Waals surface area contributed by atoms with E-state index in [4.69, 9.17) is 9.84 Å². The number of carboxylic acid groups (broad SMARTS) is 1. The highest BCUT2D eigenvalue weighted by atomic mass is 32.1. The molecule has 3 aromatic rings. The van der Waals surface area contributed by atoms with Gasteiger partial charge < -0.3 is 9.84 Å². The molecule has 1 unspecified atom stereocenters. The van der Waals surface area contributed by atoms with Crippen LogP contribution in [0.5, 0.6) is 0 Å². The van der Waals surface area contributed by atoms with Crippen LogP contribution in [-0.4, -0.2) is 40.2 Å². The van der Waals surface area contributed by atoms with Crippen molar-refractivity contribution < 1.29 is 19.4 Å². The lowest BCUT2D eigenvalue weighted by atomic mass is 9.98. The predicted octanol–water partition coefficient (Wildman–Crippen LogP) is 4.93. The van der Waals surface area contributed by atoms with Crippen LogP contribution in [0.25, 0.3) is 11.1 Å². The van der Waals surface area contributed by atoms with Crippen LogP contribution in [0.3, 0.4) is 0 Å². The Kier molecular flexibility index (Phi) is 4.75. The van der Waals surface area contributed by atoms with E-state index in [0.29, 0.717) is 11.6 Å². The first-order valence-electron chi connectivity index (χ1n) is 9.94. The average molecular weight is 420 g/mol. The number of hydrogen-bond acceptors (Lipinski definition) is 5. The molecule has 0 bridgehead atoms. The fourth-order valence-electron chi connectivity index (χ4n) is 4.46. The number of aromatic carboxylic acids is 1. The Morgan fingerprint density at radius 1 is 1.10 bits per heavy atom. The maximum atomic E-state index is 12.9. The van der Waals surface area contributed by atoms with Crippen molar-refractivity contribution in [2.24, 2.45) is 0 Å². The Morgan fingerprint density at radius 3 is 2.40 bits per heavy atom. The molecule has 0 radical (unpaired) electrons. The number of nitrogens with zero attached hydrogens (tertiary/aromatic N) is 2. The van der Waals surface area contributed by atoms with Gasteiger partial charge in [-0.15, -0.1) is 11.3 Å². The van der Waals surface area contributed by atoms with Crippen LogP contribution >= 0.6 is 11.3 Å². The Balaban J connectivity index is 1.33. The van der Waals surface area contributed by atoms with E-state index in [9.17, 15) is 9.59 Å². The molecule has 152 valence electrons. The molecule has 30 heavy (non-hydrogen) atoms. The minimum Gasteiger partial charge on any atom is -0.476 e. The van der Waals surface area contributed by atoms with Gasteiger partial charge in [-0.1, -0.05) is 48.5 Å². The van der Waals surface area contributed by atoms with Crippen LogP contribution in [0, 0.1) is 0 Å². The van der Waals surface area contributed by atoms with E-state index >= 15 is 0 Å². The van der Waals surface area contributed by atoms with Gasteiger partial charge in [0.25, 0.3) is 0 Å². The van der Waals surface area contributed by atoms with Gasteiger partial charge in [-0.3, -0.25) is 4.90 Å². The molecule has 1 amide bonds. The topological polar surface area (TPSA) is 79.7 Å². The molecular formula is C23H20N2O4S. The number of amides is 1. The third-order valence-corrected chi connectivity index (χ3v) is 6.80. The van der Waals surface area contributed by atoms with Crippen LogP contribution in [0.1, 0.15) is 51.4 Å². The molecule has 1 aliphatic heterocycles. The van der Waals surface area contributed by atoms with Crippen molar-refractivity contribution in [3.8, 4) is 11.1 Å². The van der Waals surface area contributed by atoms with Crippen LogP contribution in [0.2, 0.25) is 0 Å². The molecule has 1 atom stereocenters. The van der Waals surface area contributed by atoms with Crippen molar-refractivity contribution in [2.45, 2.75) is 24.8 Å². The number of likely N-dealkylation sites (tertiary alicyclic amines) is 1. The van der Waals surface area contributed by atoms with Gasteiger partial charge in [-0.25, -0.2) is 14.6 Å². The second-order valence-corrected chi connectivity index (χ2v) is 8.42. The number of ether oxygens (including phenoxy) is 1. The number of carboxylic acids is 1.